The quantitative estimate of drug-likeness (QED) is 0.892. The molecule has 4 heteroatoms. The van der Waals surface area contributed by atoms with Crippen molar-refractivity contribution in [3.8, 4) is 0 Å². The average Bonchev–Trinajstić information content (AvgIpc) is 2.42. The van der Waals surface area contributed by atoms with Gasteiger partial charge < -0.3 is 5.32 Å². The zero-order chi connectivity index (χ0) is 14.8. The van der Waals surface area contributed by atoms with Crippen molar-refractivity contribution in [2.45, 2.75) is 19.3 Å². The van der Waals surface area contributed by atoms with Gasteiger partial charge in [0.1, 0.15) is 5.82 Å². The normalized spacial score (nSPS) is 11.2. The summed E-state index contributed by atoms with van der Waals surface area (Å²) in [6.45, 7) is 3.66. The Hall–Kier alpha value is -1.87. The van der Waals surface area contributed by atoms with E-state index in [1.165, 1.54) is 24.3 Å². The van der Waals surface area contributed by atoms with Gasteiger partial charge >= 0.3 is 0 Å². The lowest BCUT2D eigenvalue weighted by atomic mass is 9.83. The number of anilines is 1. The zero-order valence-corrected chi connectivity index (χ0v) is 12.0. The van der Waals surface area contributed by atoms with Crippen LogP contribution in [0.1, 0.15) is 19.4 Å². The molecule has 20 heavy (non-hydrogen) atoms. The van der Waals surface area contributed by atoms with Crippen molar-refractivity contribution in [1.82, 2.24) is 0 Å². The molecular formula is C16H15ClFNO. The maximum Gasteiger partial charge on any atom is 0.234 e. The standard InChI is InChI=1S/C16H15ClFNO/c1-16(2,11-3-5-12(17)6-4-11)15(20)19-14-9-7-13(18)8-10-14/h3-10H,1-2H3,(H,19,20). The first-order chi connectivity index (χ1) is 9.39. The van der Waals surface area contributed by atoms with Gasteiger partial charge in [0.15, 0.2) is 0 Å². The van der Waals surface area contributed by atoms with E-state index < -0.39 is 5.41 Å². The molecule has 0 saturated carbocycles. The monoisotopic (exact) mass is 291 g/mol. The first kappa shape index (κ1) is 14.5. The van der Waals surface area contributed by atoms with Crippen LogP contribution in [0.25, 0.3) is 0 Å². The van der Waals surface area contributed by atoms with E-state index >= 15 is 0 Å². The summed E-state index contributed by atoms with van der Waals surface area (Å²) >= 11 is 5.85. The molecule has 1 amide bonds. The van der Waals surface area contributed by atoms with Crippen LogP contribution >= 0.6 is 11.6 Å². The predicted molar refractivity (Wildman–Crippen MR) is 79.5 cm³/mol. The van der Waals surface area contributed by atoms with Gasteiger partial charge in [0.05, 0.1) is 5.41 Å². The minimum Gasteiger partial charge on any atom is -0.325 e. The summed E-state index contributed by atoms with van der Waals surface area (Å²) in [7, 11) is 0. The van der Waals surface area contributed by atoms with Gasteiger partial charge in [-0.25, -0.2) is 4.39 Å². The maximum atomic E-state index is 12.8. The van der Waals surface area contributed by atoms with Crippen LogP contribution in [-0.2, 0) is 10.2 Å². The zero-order valence-electron chi connectivity index (χ0n) is 11.3. The number of benzene rings is 2. The lowest BCUT2D eigenvalue weighted by molar-refractivity contribution is -0.120. The lowest BCUT2D eigenvalue weighted by Gasteiger charge is -2.24. The number of hydrogen-bond donors (Lipinski definition) is 1. The van der Waals surface area contributed by atoms with Gasteiger partial charge in [0.2, 0.25) is 5.91 Å². The fourth-order valence-corrected chi connectivity index (χ4v) is 1.94. The third-order valence-corrected chi connectivity index (χ3v) is 3.49. The van der Waals surface area contributed by atoms with E-state index in [1.54, 1.807) is 12.1 Å². The van der Waals surface area contributed by atoms with Gasteiger partial charge in [-0.1, -0.05) is 23.7 Å². The van der Waals surface area contributed by atoms with Gasteiger partial charge in [0.25, 0.3) is 0 Å². The van der Waals surface area contributed by atoms with E-state index in [1.807, 2.05) is 26.0 Å². The van der Waals surface area contributed by atoms with Crippen LogP contribution in [-0.4, -0.2) is 5.91 Å². The topological polar surface area (TPSA) is 29.1 Å². The minimum absolute atomic E-state index is 0.161. The molecule has 0 saturated heterocycles. The fourth-order valence-electron chi connectivity index (χ4n) is 1.82. The Morgan fingerprint density at radius 2 is 1.60 bits per heavy atom. The Morgan fingerprint density at radius 1 is 1.05 bits per heavy atom. The molecule has 0 aliphatic heterocycles. The highest BCUT2D eigenvalue weighted by Gasteiger charge is 2.29. The minimum atomic E-state index is -0.709. The number of amides is 1. The van der Waals surface area contributed by atoms with E-state index in [9.17, 15) is 9.18 Å². The van der Waals surface area contributed by atoms with Gasteiger partial charge in [-0.2, -0.15) is 0 Å². The summed E-state index contributed by atoms with van der Waals surface area (Å²) in [6, 6.07) is 12.8. The third kappa shape index (κ3) is 3.17. The van der Waals surface area contributed by atoms with E-state index in [-0.39, 0.29) is 11.7 Å². The third-order valence-electron chi connectivity index (χ3n) is 3.24. The maximum absolute atomic E-state index is 12.8. The Morgan fingerprint density at radius 3 is 2.15 bits per heavy atom. The van der Waals surface area contributed by atoms with Crippen LogP contribution in [0, 0.1) is 5.82 Å². The largest absolute Gasteiger partial charge is 0.325 e. The number of carbonyl (C=O) groups excluding carboxylic acids is 1. The number of rotatable bonds is 3. The Bertz CT molecular complexity index is 605. The molecule has 2 aromatic carbocycles. The molecular weight excluding hydrogens is 277 g/mol. The number of halogens is 2. The fraction of sp³-hybridized carbons (Fsp3) is 0.188. The summed E-state index contributed by atoms with van der Waals surface area (Å²) in [5.74, 6) is -0.494. The molecule has 0 fully saturated rings. The van der Waals surface area contributed by atoms with Crippen LogP contribution in [0.15, 0.2) is 48.5 Å². The molecule has 0 aliphatic rings. The summed E-state index contributed by atoms with van der Waals surface area (Å²) in [4.78, 5) is 12.4. The first-order valence-corrected chi connectivity index (χ1v) is 6.60. The number of hydrogen-bond acceptors (Lipinski definition) is 1. The van der Waals surface area contributed by atoms with Crippen molar-refractivity contribution in [3.63, 3.8) is 0 Å². The van der Waals surface area contributed by atoms with Crippen LogP contribution in [0.3, 0.4) is 0 Å². The first-order valence-electron chi connectivity index (χ1n) is 6.22. The molecule has 2 rings (SSSR count). The molecule has 104 valence electrons. The van der Waals surface area contributed by atoms with Crippen molar-refractivity contribution in [1.29, 1.82) is 0 Å². The molecule has 0 aromatic heterocycles. The second-order valence-electron chi connectivity index (χ2n) is 5.09. The molecule has 0 heterocycles. The van der Waals surface area contributed by atoms with E-state index in [2.05, 4.69) is 5.32 Å². The van der Waals surface area contributed by atoms with Crippen molar-refractivity contribution >= 4 is 23.2 Å². The second-order valence-corrected chi connectivity index (χ2v) is 5.53. The number of carbonyl (C=O) groups is 1. The second kappa shape index (κ2) is 5.63. The Balaban J connectivity index is 2.18. The van der Waals surface area contributed by atoms with E-state index in [4.69, 9.17) is 11.6 Å². The summed E-state index contributed by atoms with van der Waals surface area (Å²) < 4.78 is 12.8. The SMILES string of the molecule is CC(C)(C(=O)Nc1ccc(F)cc1)c1ccc(Cl)cc1. The summed E-state index contributed by atoms with van der Waals surface area (Å²) in [5, 5.41) is 3.41. The van der Waals surface area contributed by atoms with Crippen molar-refractivity contribution in [2.24, 2.45) is 0 Å². The van der Waals surface area contributed by atoms with Crippen molar-refractivity contribution in [2.75, 3.05) is 5.32 Å². The Kier molecular flexibility index (Phi) is 4.09. The highest BCUT2D eigenvalue weighted by molar-refractivity contribution is 6.30. The predicted octanol–water partition coefficient (Wildman–Crippen LogP) is 4.40. The summed E-state index contributed by atoms with van der Waals surface area (Å²) in [6.07, 6.45) is 0. The molecule has 0 aliphatic carbocycles. The van der Waals surface area contributed by atoms with Crippen LogP contribution in [0.4, 0.5) is 10.1 Å². The average molecular weight is 292 g/mol. The Labute approximate surface area is 122 Å². The van der Waals surface area contributed by atoms with Crippen LogP contribution < -0.4 is 5.32 Å². The molecule has 1 N–H and O–H groups in total. The molecule has 0 bridgehead atoms. The molecule has 2 nitrogen and oxygen atoms in total. The molecule has 0 radical (unpaired) electrons. The smallest absolute Gasteiger partial charge is 0.234 e. The van der Waals surface area contributed by atoms with Crippen LogP contribution in [0.2, 0.25) is 5.02 Å². The van der Waals surface area contributed by atoms with Gasteiger partial charge in [-0.15, -0.1) is 0 Å². The molecule has 2 aromatic rings. The highest BCUT2D eigenvalue weighted by Crippen LogP contribution is 2.26. The molecule has 0 unspecified atom stereocenters. The number of nitrogens with one attached hydrogen (secondary N) is 1. The van der Waals surface area contributed by atoms with Gasteiger partial charge in [-0.3, -0.25) is 4.79 Å². The molecule has 0 spiro atoms. The van der Waals surface area contributed by atoms with E-state index in [0.717, 1.165) is 5.56 Å². The van der Waals surface area contributed by atoms with Crippen LogP contribution in [0.5, 0.6) is 0 Å². The van der Waals surface area contributed by atoms with Gasteiger partial charge in [0, 0.05) is 10.7 Å². The highest BCUT2D eigenvalue weighted by atomic mass is 35.5. The molecule has 0 atom stereocenters. The lowest BCUT2D eigenvalue weighted by Crippen LogP contribution is -2.34. The van der Waals surface area contributed by atoms with Crippen molar-refractivity contribution in [3.05, 3.63) is 64.9 Å². The van der Waals surface area contributed by atoms with E-state index in [0.29, 0.717) is 10.7 Å². The summed E-state index contributed by atoms with van der Waals surface area (Å²) in [5.41, 5.74) is 0.721. The van der Waals surface area contributed by atoms with Gasteiger partial charge in [-0.05, 0) is 55.8 Å². The van der Waals surface area contributed by atoms with Crippen molar-refractivity contribution < 1.29 is 9.18 Å².